The highest BCUT2D eigenvalue weighted by Crippen LogP contribution is 2.39. The van der Waals surface area contributed by atoms with Gasteiger partial charge in [0.25, 0.3) is 11.7 Å². The van der Waals surface area contributed by atoms with Crippen LogP contribution in [0.15, 0.2) is 63.0 Å². The van der Waals surface area contributed by atoms with E-state index in [2.05, 4.69) is 31.9 Å². The summed E-state index contributed by atoms with van der Waals surface area (Å²) in [5, 5.41) is 20.0. The van der Waals surface area contributed by atoms with E-state index in [1.165, 1.54) is 4.90 Å². The first-order valence-corrected chi connectivity index (χ1v) is 9.93. The van der Waals surface area contributed by atoms with E-state index in [1.807, 2.05) is 12.1 Å². The van der Waals surface area contributed by atoms with Crippen LogP contribution in [-0.2, 0) is 9.59 Å². The van der Waals surface area contributed by atoms with E-state index in [1.54, 1.807) is 36.4 Å². The van der Waals surface area contributed by atoms with Crippen LogP contribution in [0.3, 0.4) is 0 Å². The number of carbonyl (C=O) groups is 2. The molecule has 1 atom stereocenters. The van der Waals surface area contributed by atoms with Crippen LogP contribution in [0.5, 0.6) is 0 Å². The molecule has 0 bridgehead atoms. The van der Waals surface area contributed by atoms with Crippen LogP contribution < -0.4 is 0 Å². The Kier molecular flexibility index (Phi) is 6.14. The van der Waals surface area contributed by atoms with E-state index in [9.17, 15) is 14.7 Å². The summed E-state index contributed by atoms with van der Waals surface area (Å²) in [7, 11) is 0. The number of benzene rings is 2. The third-order valence-electron chi connectivity index (χ3n) is 4.40. The third-order valence-corrected chi connectivity index (χ3v) is 5.46. The van der Waals surface area contributed by atoms with E-state index in [0.29, 0.717) is 17.5 Å². The highest BCUT2D eigenvalue weighted by atomic mass is 79.9. The van der Waals surface area contributed by atoms with Gasteiger partial charge in [0.2, 0.25) is 0 Å². The van der Waals surface area contributed by atoms with E-state index < -0.39 is 17.7 Å². The SMILES string of the molecule is O=C1C(=O)N(CCCO)[C@H](c2ccc(Br)cc2)C1=C(O)c1ccc(Br)cc1. The van der Waals surface area contributed by atoms with Crippen molar-refractivity contribution < 1.29 is 19.8 Å². The lowest BCUT2D eigenvalue weighted by molar-refractivity contribution is -0.140. The van der Waals surface area contributed by atoms with Gasteiger partial charge in [-0.15, -0.1) is 0 Å². The number of halogens is 2. The largest absolute Gasteiger partial charge is 0.507 e. The smallest absolute Gasteiger partial charge is 0.295 e. The lowest BCUT2D eigenvalue weighted by Gasteiger charge is -2.25. The van der Waals surface area contributed by atoms with Crippen molar-refractivity contribution >= 4 is 49.3 Å². The Morgan fingerprint density at radius 3 is 2.07 bits per heavy atom. The van der Waals surface area contributed by atoms with Gasteiger partial charge < -0.3 is 15.1 Å². The zero-order valence-electron chi connectivity index (χ0n) is 14.2. The van der Waals surface area contributed by atoms with E-state index in [0.717, 1.165) is 8.95 Å². The summed E-state index contributed by atoms with van der Waals surface area (Å²) in [5.41, 5.74) is 1.23. The number of hydrogen-bond acceptors (Lipinski definition) is 4. The summed E-state index contributed by atoms with van der Waals surface area (Å²) in [5.74, 6) is -1.60. The number of nitrogens with zero attached hydrogens (tertiary/aromatic N) is 1. The fraction of sp³-hybridized carbons (Fsp3) is 0.200. The number of Topliss-reactive ketones (excluding diaryl/α,β-unsaturated/α-hetero) is 1. The highest BCUT2D eigenvalue weighted by Gasteiger charge is 2.45. The van der Waals surface area contributed by atoms with Crippen molar-refractivity contribution in [2.75, 3.05) is 13.2 Å². The van der Waals surface area contributed by atoms with Gasteiger partial charge in [-0.2, -0.15) is 0 Å². The minimum Gasteiger partial charge on any atom is -0.507 e. The molecule has 1 aliphatic rings. The first-order valence-electron chi connectivity index (χ1n) is 8.34. The maximum absolute atomic E-state index is 12.7. The Hall–Kier alpha value is -1.96. The van der Waals surface area contributed by atoms with Crippen molar-refractivity contribution in [1.82, 2.24) is 4.90 Å². The Labute approximate surface area is 173 Å². The molecule has 0 radical (unpaired) electrons. The van der Waals surface area contributed by atoms with Gasteiger partial charge in [0.05, 0.1) is 11.6 Å². The second-order valence-corrected chi connectivity index (χ2v) is 7.96. The van der Waals surface area contributed by atoms with Gasteiger partial charge >= 0.3 is 0 Å². The fourth-order valence-corrected chi connectivity index (χ4v) is 3.64. The normalized spacial score (nSPS) is 18.9. The zero-order valence-corrected chi connectivity index (χ0v) is 17.4. The molecular weight excluding hydrogens is 478 g/mol. The molecule has 0 saturated carbocycles. The number of ketones is 1. The Bertz CT molecular complexity index is 891. The molecule has 0 aromatic heterocycles. The maximum atomic E-state index is 12.7. The van der Waals surface area contributed by atoms with Crippen molar-refractivity contribution in [1.29, 1.82) is 0 Å². The topological polar surface area (TPSA) is 77.8 Å². The van der Waals surface area contributed by atoms with Gasteiger partial charge in [0.1, 0.15) is 5.76 Å². The minimum absolute atomic E-state index is 0.0579. The van der Waals surface area contributed by atoms with Crippen LogP contribution in [0.4, 0.5) is 0 Å². The molecule has 3 rings (SSSR count). The lowest BCUT2D eigenvalue weighted by atomic mass is 9.95. The molecule has 2 N–H and O–H groups in total. The molecule has 140 valence electrons. The molecule has 7 heteroatoms. The van der Waals surface area contributed by atoms with Crippen molar-refractivity contribution in [3.8, 4) is 0 Å². The number of rotatable bonds is 5. The molecule has 2 aromatic carbocycles. The number of likely N-dealkylation sites (tertiary alicyclic amines) is 1. The second-order valence-electron chi connectivity index (χ2n) is 6.13. The minimum atomic E-state index is -0.721. The molecule has 27 heavy (non-hydrogen) atoms. The number of aliphatic hydroxyl groups is 2. The van der Waals surface area contributed by atoms with Crippen LogP contribution in [-0.4, -0.2) is 40.0 Å². The Morgan fingerprint density at radius 2 is 1.52 bits per heavy atom. The zero-order chi connectivity index (χ0) is 19.6. The summed E-state index contributed by atoms with van der Waals surface area (Å²) < 4.78 is 1.71. The molecule has 1 aliphatic heterocycles. The fourth-order valence-electron chi connectivity index (χ4n) is 3.11. The average Bonchev–Trinajstić information content (AvgIpc) is 2.91. The molecule has 2 aromatic rings. The third kappa shape index (κ3) is 4.00. The summed E-state index contributed by atoms with van der Waals surface area (Å²) in [4.78, 5) is 26.7. The molecule has 1 fully saturated rings. The first kappa shape index (κ1) is 19.8. The molecule has 1 saturated heterocycles. The van der Waals surface area contributed by atoms with E-state index >= 15 is 0 Å². The Morgan fingerprint density at radius 1 is 0.963 bits per heavy atom. The highest BCUT2D eigenvalue weighted by molar-refractivity contribution is 9.10. The first-order chi connectivity index (χ1) is 12.9. The van der Waals surface area contributed by atoms with E-state index in [-0.39, 0.29) is 24.5 Å². The quantitative estimate of drug-likeness (QED) is 0.374. The maximum Gasteiger partial charge on any atom is 0.295 e. The summed E-state index contributed by atoms with van der Waals surface area (Å²) in [6.45, 7) is 0.127. The molecular formula is C20H17Br2NO4. The predicted molar refractivity (Wildman–Crippen MR) is 109 cm³/mol. The predicted octanol–water partition coefficient (Wildman–Crippen LogP) is 4.02. The van der Waals surface area contributed by atoms with Crippen molar-refractivity contribution in [2.45, 2.75) is 12.5 Å². The number of aliphatic hydroxyl groups excluding tert-OH is 2. The lowest BCUT2D eigenvalue weighted by Crippen LogP contribution is -2.31. The molecule has 0 unspecified atom stereocenters. The molecule has 5 nitrogen and oxygen atoms in total. The van der Waals surface area contributed by atoms with Crippen LogP contribution >= 0.6 is 31.9 Å². The van der Waals surface area contributed by atoms with Crippen molar-refractivity contribution in [2.24, 2.45) is 0 Å². The summed E-state index contributed by atoms with van der Waals surface area (Å²) in [6.07, 6.45) is 0.346. The standard InChI is InChI=1S/C20H17Br2NO4/c21-14-6-2-12(3-7-14)17-16(18(25)13-4-8-15(22)9-5-13)19(26)20(27)23(17)10-1-11-24/h2-9,17,24-25H,1,10-11H2/t17-/m1/s1. The Balaban J connectivity index is 2.14. The van der Waals surface area contributed by atoms with Crippen molar-refractivity contribution in [3.63, 3.8) is 0 Å². The molecule has 1 heterocycles. The van der Waals surface area contributed by atoms with E-state index in [4.69, 9.17) is 5.11 Å². The second kappa shape index (κ2) is 8.37. The van der Waals surface area contributed by atoms with Gasteiger partial charge in [-0.3, -0.25) is 9.59 Å². The summed E-state index contributed by atoms with van der Waals surface area (Å²) >= 11 is 6.71. The van der Waals surface area contributed by atoms with Crippen LogP contribution in [0.25, 0.3) is 5.76 Å². The summed E-state index contributed by atoms with van der Waals surface area (Å²) in [6, 6.07) is 13.4. The van der Waals surface area contributed by atoms with Crippen LogP contribution in [0.2, 0.25) is 0 Å². The monoisotopic (exact) mass is 493 g/mol. The number of carbonyl (C=O) groups excluding carboxylic acids is 2. The van der Waals surface area contributed by atoms with Gasteiger partial charge in [-0.1, -0.05) is 56.1 Å². The number of amides is 1. The molecule has 1 amide bonds. The number of hydrogen-bond donors (Lipinski definition) is 2. The molecule has 0 aliphatic carbocycles. The van der Waals surface area contributed by atoms with Gasteiger partial charge in [0, 0.05) is 27.7 Å². The van der Waals surface area contributed by atoms with Crippen LogP contribution in [0, 0.1) is 0 Å². The van der Waals surface area contributed by atoms with Gasteiger partial charge in [-0.05, 0) is 36.2 Å². The van der Waals surface area contributed by atoms with Gasteiger partial charge in [-0.25, -0.2) is 0 Å². The van der Waals surface area contributed by atoms with Gasteiger partial charge in [0.15, 0.2) is 0 Å². The van der Waals surface area contributed by atoms with Crippen molar-refractivity contribution in [3.05, 3.63) is 74.2 Å². The average molecular weight is 495 g/mol. The van der Waals surface area contributed by atoms with Crippen LogP contribution in [0.1, 0.15) is 23.6 Å². The molecule has 0 spiro atoms.